The Morgan fingerprint density at radius 3 is 2.46 bits per heavy atom. The zero-order valence-corrected chi connectivity index (χ0v) is 15.3. The Hall–Kier alpha value is -1.39. The summed E-state index contributed by atoms with van der Waals surface area (Å²) in [4.78, 5) is 13.5. The molecule has 4 nitrogen and oxygen atoms in total. The van der Waals surface area contributed by atoms with Crippen LogP contribution in [0.3, 0.4) is 0 Å². The number of Topliss-reactive ketones (excluding diaryl/α,β-unsaturated/α-hetero) is 1. The van der Waals surface area contributed by atoms with Crippen LogP contribution in [0.1, 0.15) is 45.6 Å². The largest absolute Gasteiger partial charge is 0.494 e. The molecule has 1 aromatic rings. The number of benzene rings is 1. The molecule has 1 aliphatic heterocycles. The number of ether oxygens (including phenoxy) is 2. The molecule has 4 heteroatoms. The fraction of sp³-hybridized carbons (Fsp3) is 0.650. The van der Waals surface area contributed by atoms with Gasteiger partial charge in [-0.3, -0.25) is 4.90 Å². The minimum absolute atomic E-state index is 0.236. The van der Waals surface area contributed by atoms with Crippen molar-refractivity contribution >= 4 is 5.78 Å². The van der Waals surface area contributed by atoms with Gasteiger partial charge in [0, 0.05) is 19.5 Å². The van der Waals surface area contributed by atoms with Crippen LogP contribution in [0.25, 0.3) is 0 Å². The highest BCUT2D eigenvalue weighted by Gasteiger charge is 2.21. The monoisotopic (exact) mass is 333 g/mol. The maximum Gasteiger partial charge on any atom is 0.130 e. The van der Waals surface area contributed by atoms with Gasteiger partial charge in [-0.1, -0.05) is 12.1 Å². The van der Waals surface area contributed by atoms with Crippen molar-refractivity contribution in [1.82, 2.24) is 4.90 Å². The van der Waals surface area contributed by atoms with E-state index < -0.39 is 0 Å². The molecule has 1 heterocycles. The molecule has 0 radical (unpaired) electrons. The van der Waals surface area contributed by atoms with Gasteiger partial charge in [0.1, 0.15) is 11.5 Å². The molecular weight excluding hydrogens is 302 g/mol. The van der Waals surface area contributed by atoms with E-state index in [1.165, 1.54) is 5.56 Å². The van der Waals surface area contributed by atoms with Gasteiger partial charge in [0.25, 0.3) is 0 Å². The lowest BCUT2D eigenvalue weighted by molar-refractivity contribution is -0.116. The number of nitrogens with zero attached hydrogens (tertiary/aromatic N) is 1. The van der Waals surface area contributed by atoms with Gasteiger partial charge < -0.3 is 14.3 Å². The first-order valence-electron chi connectivity index (χ1n) is 9.12. The normalized spacial score (nSPS) is 21.6. The van der Waals surface area contributed by atoms with E-state index >= 15 is 0 Å². The Morgan fingerprint density at radius 2 is 1.83 bits per heavy atom. The quantitative estimate of drug-likeness (QED) is 0.649. The number of carbonyl (C=O) groups is 1. The van der Waals surface area contributed by atoms with Crippen LogP contribution in [-0.2, 0) is 16.0 Å². The van der Waals surface area contributed by atoms with Crippen molar-refractivity contribution in [2.24, 2.45) is 0 Å². The van der Waals surface area contributed by atoms with Gasteiger partial charge in [-0.25, -0.2) is 0 Å². The highest BCUT2D eigenvalue weighted by Crippen LogP contribution is 2.15. The maximum atomic E-state index is 11.0. The second-order valence-corrected chi connectivity index (χ2v) is 6.92. The number of rotatable bonds is 9. The second kappa shape index (κ2) is 9.80. The maximum absolute atomic E-state index is 11.0. The number of ketones is 1. The topological polar surface area (TPSA) is 38.8 Å². The van der Waals surface area contributed by atoms with Crippen molar-refractivity contribution in [1.29, 1.82) is 0 Å². The van der Waals surface area contributed by atoms with Gasteiger partial charge >= 0.3 is 0 Å². The van der Waals surface area contributed by atoms with Crippen molar-refractivity contribution in [2.75, 3.05) is 26.2 Å². The molecule has 0 amide bonds. The Morgan fingerprint density at radius 1 is 1.17 bits per heavy atom. The zero-order valence-electron chi connectivity index (χ0n) is 15.3. The second-order valence-electron chi connectivity index (χ2n) is 6.92. The summed E-state index contributed by atoms with van der Waals surface area (Å²) in [5.74, 6) is 1.15. The van der Waals surface area contributed by atoms with E-state index in [0.717, 1.165) is 51.3 Å². The summed E-state index contributed by atoms with van der Waals surface area (Å²) in [7, 11) is 0. The molecule has 0 spiro atoms. The molecule has 1 fully saturated rings. The lowest BCUT2D eigenvalue weighted by atomic mass is 10.1. The number of unbranched alkanes of at least 4 members (excludes halogenated alkanes) is 1. The van der Waals surface area contributed by atoms with Crippen molar-refractivity contribution < 1.29 is 14.3 Å². The van der Waals surface area contributed by atoms with Crippen molar-refractivity contribution in [3.63, 3.8) is 0 Å². The van der Waals surface area contributed by atoms with E-state index in [9.17, 15) is 4.79 Å². The summed E-state index contributed by atoms with van der Waals surface area (Å²) < 4.78 is 11.6. The van der Waals surface area contributed by atoms with Crippen LogP contribution in [0.15, 0.2) is 24.3 Å². The Balaban J connectivity index is 1.59. The molecular formula is C20H31NO3. The highest BCUT2D eigenvalue weighted by atomic mass is 16.5. The molecule has 0 N–H and O–H groups in total. The number of morpholine rings is 1. The average Bonchev–Trinajstić information content (AvgIpc) is 2.53. The van der Waals surface area contributed by atoms with Crippen molar-refractivity contribution in [3.8, 4) is 5.75 Å². The van der Waals surface area contributed by atoms with Crippen LogP contribution in [0.4, 0.5) is 0 Å². The predicted molar refractivity (Wildman–Crippen MR) is 96.6 cm³/mol. The Bertz CT molecular complexity index is 490. The van der Waals surface area contributed by atoms with Crippen molar-refractivity contribution in [3.05, 3.63) is 29.8 Å². The zero-order chi connectivity index (χ0) is 17.4. The fourth-order valence-electron chi connectivity index (χ4n) is 3.17. The van der Waals surface area contributed by atoms with Crippen LogP contribution in [0.5, 0.6) is 5.75 Å². The first kappa shape index (κ1) is 18.9. The number of hydrogen-bond acceptors (Lipinski definition) is 4. The third-order valence-corrected chi connectivity index (χ3v) is 4.32. The summed E-state index contributed by atoms with van der Waals surface area (Å²) in [6.45, 7) is 9.86. The molecule has 0 aromatic heterocycles. The SMILES string of the molecule is CC(=O)CCc1ccc(OCCCCN2C[C@@H](C)O[C@@H](C)C2)cc1. The first-order chi connectivity index (χ1) is 11.5. The Kier molecular flexibility index (Phi) is 7.73. The lowest BCUT2D eigenvalue weighted by Crippen LogP contribution is -2.45. The molecule has 0 saturated carbocycles. The van der Waals surface area contributed by atoms with Crippen LogP contribution in [0.2, 0.25) is 0 Å². The van der Waals surface area contributed by atoms with E-state index in [2.05, 4.69) is 30.9 Å². The summed E-state index contributed by atoms with van der Waals surface area (Å²) in [6, 6.07) is 8.10. The molecule has 0 aliphatic carbocycles. The predicted octanol–water partition coefficient (Wildman–Crippen LogP) is 3.48. The molecule has 2 atom stereocenters. The van der Waals surface area contributed by atoms with Crippen LogP contribution < -0.4 is 4.74 Å². The minimum atomic E-state index is 0.236. The van der Waals surface area contributed by atoms with E-state index in [1.54, 1.807) is 6.92 Å². The molecule has 1 aliphatic rings. The standard InChI is InChI=1S/C20H31NO3/c1-16(22)6-7-19-8-10-20(11-9-19)23-13-5-4-12-21-14-17(2)24-18(3)15-21/h8-11,17-18H,4-7,12-15H2,1-3H3/t17-,18+. The fourth-order valence-corrected chi connectivity index (χ4v) is 3.17. The van der Waals surface area contributed by atoms with Gasteiger partial charge in [0.05, 0.1) is 18.8 Å². The van der Waals surface area contributed by atoms with E-state index in [-0.39, 0.29) is 5.78 Å². The van der Waals surface area contributed by atoms with E-state index in [0.29, 0.717) is 18.6 Å². The molecule has 134 valence electrons. The molecule has 0 bridgehead atoms. The summed E-state index contributed by atoms with van der Waals surface area (Å²) in [6.07, 6.45) is 4.31. The van der Waals surface area contributed by atoms with Gasteiger partial charge in [-0.2, -0.15) is 0 Å². The lowest BCUT2D eigenvalue weighted by Gasteiger charge is -2.35. The van der Waals surface area contributed by atoms with E-state index in [4.69, 9.17) is 9.47 Å². The number of carbonyl (C=O) groups excluding carboxylic acids is 1. The summed E-state index contributed by atoms with van der Waals surface area (Å²) in [5.41, 5.74) is 1.19. The van der Waals surface area contributed by atoms with Crippen LogP contribution in [0, 0.1) is 0 Å². The molecule has 0 unspecified atom stereocenters. The van der Waals surface area contributed by atoms with Gasteiger partial charge in [-0.05, 0) is 64.3 Å². The molecule has 1 saturated heterocycles. The first-order valence-corrected chi connectivity index (χ1v) is 9.12. The molecule has 1 aromatic carbocycles. The highest BCUT2D eigenvalue weighted by molar-refractivity contribution is 5.75. The third kappa shape index (κ3) is 7.02. The van der Waals surface area contributed by atoms with Gasteiger partial charge in [-0.15, -0.1) is 0 Å². The van der Waals surface area contributed by atoms with Crippen molar-refractivity contribution in [2.45, 2.75) is 58.7 Å². The van der Waals surface area contributed by atoms with Gasteiger partial charge in [0.2, 0.25) is 0 Å². The van der Waals surface area contributed by atoms with Crippen LogP contribution in [-0.4, -0.2) is 49.1 Å². The summed E-state index contributed by atoms with van der Waals surface area (Å²) in [5, 5.41) is 0. The Labute approximate surface area is 146 Å². The molecule has 24 heavy (non-hydrogen) atoms. The van der Waals surface area contributed by atoms with Gasteiger partial charge in [0.15, 0.2) is 0 Å². The average molecular weight is 333 g/mol. The number of hydrogen-bond donors (Lipinski definition) is 0. The molecule has 2 rings (SSSR count). The number of aryl methyl sites for hydroxylation is 1. The third-order valence-electron chi connectivity index (χ3n) is 4.32. The van der Waals surface area contributed by atoms with E-state index in [1.807, 2.05) is 12.1 Å². The van der Waals surface area contributed by atoms with Crippen LogP contribution >= 0.6 is 0 Å². The smallest absolute Gasteiger partial charge is 0.130 e. The minimum Gasteiger partial charge on any atom is -0.494 e. The summed E-state index contributed by atoms with van der Waals surface area (Å²) >= 11 is 0.